The molecule has 0 spiro atoms. The predicted octanol–water partition coefficient (Wildman–Crippen LogP) is 3.57. The van der Waals surface area contributed by atoms with Crippen molar-refractivity contribution in [2.75, 3.05) is 52.3 Å². The van der Waals surface area contributed by atoms with Crippen molar-refractivity contribution >= 4 is 17.8 Å². The number of carbonyl (C=O) groups is 1. The monoisotopic (exact) mass is 381 g/mol. The minimum atomic E-state index is -0.108. The third-order valence-electron chi connectivity index (χ3n) is 4.78. The Balaban J connectivity index is 1.48. The number of anilines is 1. The van der Waals surface area contributed by atoms with Gasteiger partial charge < -0.3 is 19.7 Å². The van der Waals surface area contributed by atoms with Gasteiger partial charge in [-0.3, -0.25) is 4.90 Å². The lowest BCUT2D eigenvalue weighted by atomic mass is 10.2. The Morgan fingerprint density at radius 2 is 1.79 bits per heavy atom. The number of hydrogen-bond donors (Lipinski definition) is 1. The molecule has 2 amide bonds. The number of piperazine rings is 1. The van der Waals surface area contributed by atoms with E-state index in [0.717, 1.165) is 19.6 Å². The van der Waals surface area contributed by atoms with Crippen LogP contribution in [0.4, 0.5) is 10.5 Å². The fourth-order valence-electron chi connectivity index (χ4n) is 3.13. The Bertz CT molecular complexity index is 800. The van der Waals surface area contributed by atoms with E-state index in [-0.39, 0.29) is 6.03 Å². The summed E-state index contributed by atoms with van der Waals surface area (Å²) in [5.41, 5.74) is 1.84. The van der Waals surface area contributed by atoms with Crippen LogP contribution in [0.15, 0.2) is 54.6 Å². The van der Waals surface area contributed by atoms with Crippen LogP contribution in [0.2, 0.25) is 0 Å². The first-order valence-corrected chi connectivity index (χ1v) is 9.41. The number of hydrogen-bond acceptors (Lipinski definition) is 4. The molecule has 1 heterocycles. The molecule has 6 nitrogen and oxygen atoms in total. The molecule has 1 N–H and O–H groups in total. The van der Waals surface area contributed by atoms with Crippen LogP contribution in [0.3, 0.4) is 0 Å². The molecule has 0 saturated carbocycles. The number of nitrogens with one attached hydrogen (secondary N) is 1. The first-order chi connectivity index (χ1) is 13.7. The van der Waals surface area contributed by atoms with Gasteiger partial charge in [-0.05, 0) is 17.7 Å². The highest BCUT2D eigenvalue weighted by atomic mass is 16.5. The molecule has 0 aliphatic carbocycles. The highest BCUT2D eigenvalue weighted by Crippen LogP contribution is 2.29. The second kappa shape index (κ2) is 9.80. The Kier molecular flexibility index (Phi) is 6.92. The molecule has 2 aromatic rings. The van der Waals surface area contributed by atoms with Gasteiger partial charge in [0.05, 0.1) is 19.9 Å². The molecule has 28 heavy (non-hydrogen) atoms. The van der Waals surface area contributed by atoms with Crippen molar-refractivity contribution in [3.05, 3.63) is 60.2 Å². The average Bonchev–Trinajstić information content (AvgIpc) is 2.75. The molecule has 0 atom stereocenters. The maximum absolute atomic E-state index is 12.6. The van der Waals surface area contributed by atoms with E-state index in [1.165, 1.54) is 5.56 Å². The molecule has 0 radical (unpaired) electrons. The molecule has 1 fully saturated rings. The number of ether oxygens (including phenoxy) is 2. The zero-order valence-corrected chi connectivity index (χ0v) is 16.4. The van der Waals surface area contributed by atoms with Crippen LogP contribution < -0.4 is 14.8 Å². The molecule has 0 unspecified atom stereocenters. The zero-order chi connectivity index (χ0) is 19.8. The fourth-order valence-corrected chi connectivity index (χ4v) is 3.13. The summed E-state index contributed by atoms with van der Waals surface area (Å²) in [4.78, 5) is 16.8. The first-order valence-electron chi connectivity index (χ1n) is 9.41. The van der Waals surface area contributed by atoms with Crippen molar-refractivity contribution in [3.8, 4) is 11.5 Å². The van der Waals surface area contributed by atoms with E-state index in [1.54, 1.807) is 32.4 Å². The standard InChI is InChI=1S/C22H27N3O3/c1-27-19-10-11-20(21(17-19)28-2)23-22(26)25-15-13-24(14-16-25)12-6-9-18-7-4-3-5-8-18/h3-11,17H,12-16H2,1-2H3,(H,23,26)/b9-6+. The van der Waals surface area contributed by atoms with Gasteiger partial charge in [0.1, 0.15) is 11.5 Å². The highest BCUT2D eigenvalue weighted by Gasteiger charge is 2.21. The number of carbonyl (C=O) groups excluding carboxylic acids is 1. The summed E-state index contributed by atoms with van der Waals surface area (Å²) in [6.45, 7) is 3.99. The Hall–Kier alpha value is -2.99. The van der Waals surface area contributed by atoms with Crippen molar-refractivity contribution in [1.82, 2.24) is 9.80 Å². The summed E-state index contributed by atoms with van der Waals surface area (Å²) in [5.74, 6) is 1.27. The quantitative estimate of drug-likeness (QED) is 0.831. The van der Waals surface area contributed by atoms with E-state index in [1.807, 2.05) is 23.1 Å². The average molecular weight is 381 g/mol. The molecule has 1 aliphatic heterocycles. The molecule has 0 aromatic heterocycles. The minimum absolute atomic E-state index is 0.108. The second-order valence-corrected chi connectivity index (χ2v) is 6.60. The van der Waals surface area contributed by atoms with Gasteiger partial charge in [0.2, 0.25) is 0 Å². The van der Waals surface area contributed by atoms with E-state index < -0.39 is 0 Å². The zero-order valence-electron chi connectivity index (χ0n) is 16.4. The van der Waals surface area contributed by atoms with Crippen LogP contribution >= 0.6 is 0 Å². The maximum atomic E-state index is 12.6. The largest absolute Gasteiger partial charge is 0.497 e. The van der Waals surface area contributed by atoms with Crippen LogP contribution in [-0.4, -0.2) is 62.8 Å². The number of nitrogens with zero attached hydrogens (tertiary/aromatic N) is 2. The lowest BCUT2D eigenvalue weighted by Crippen LogP contribution is -2.49. The van der Waals surface area contributed by atoms with Gasteiger partial charge in [0, 0.05) is 38.8 Å². The normalized spacial score (nSPS) is 14.9. The van der Waals surface area contributed by atoms with Gasteiger partial charge >= 0.3 is 6.03 Å². The third kappa shape index (κ3) is 5.27. The van der Waals surface area contributed by atoms with E-state index in [4.69, 9.17) is 9.47 Å². The fraction of sp³-hybridized carbons (Fsp3) is 0.318. The molecule has 1 aliphatic rings. The Labute approximate surface area is 166 Å². The summed E-state index contributed by atoms with van der Waals surface area (Å²) < 4.78 is 10.5. The topological polar surface area (TPSA) is 54.0 Å². The van der Waals surface area contributed by atoms with E-state index in [0.29, 0.717) is 30.3 Å². The van der Waals surface area contributed by atoms with Crippen LogP contribution in [-0.2, 0) is 0 Å². The lowest BCUT2D eigenvalue weighted by molar-refractivity contribution is 0.156. The summed E-state index contributed by atoms with van der Waals surface area (Å²) in [6.07, 6.45) is 4.31. The number of amides is 2. The SMILES string of the molecule is COc1ccc(NC(=O)N2CCN(C/C=C/c3ccccc3)CC2)c(OC)c1. The predicted molar refractivity (Wildman–Crippen MR) is 112 cm³/mol. The summed E-state index contributed by atoms with van der Waals surface area (Å²) in [6, 6.07) is 15.5. The van der Waals surface area contributed by atoms with Gasteiger partial charge in [-0.2, -0.15) is 0 Å². The summed E-state index contributed by atoms with van der Waals surface area (Å²) in [7, 11) is 3.17. The van der Waals surface area contributed by atoms with Gasteiger partial charge in [0.15, 0.2) is 0 Å². The lowest BCUT2D eigenvalue weighted by Gasteiger charge is -2.34. The minimum Gasteiger partial charge on any atom is -0.497 e. The number of methoxy groups -OCH3 is 2. The Morgan fingerprint density at radius 3 is 2.46 bits per heavy atom. The number of urea groups is 1. The van der Waals surface area contributed by atoms with Crippen molar-refractivity contribution in [1.29, 1.82) is 0 Å². The second-order valence-electron chi connectivity index (χ2n) is 6.60. The molecular formula is C22H27N3O3. The van der Waals surface area contributed by atoms with E-state index in [2.05, 4.69) is 34.5 Å². The summed E-state index contributed by atoms with van der Waals surface area (Å²) in [5, 5.41) is 2.94. The van der Waals surface area contributed by atoms with Crippen LogP contribution in [0.1, 0.15) is 5.56 Å². The van der Waals surface area contributed by atoms with Crippen molar-refractivity contribution in [2.24, 2.45) is 0 Å². The van der Waals surface area contributed by atoms with Crippen LogP contribution in [0, 0.1) is 0 Å². The van der Waals surface area contributed by atoms with Crippen molar-refractivity contribution < 1.29 is 14.3 Å². The smallest absolute Gasteiger partial charge is 0.322 e. The highest BCUT2D eigenvalue weighted by molar-refractivity contribution is 5.91. The van der Waals surface area contributed by atoms with E-state index >= 15 is 0 Å². The van der Waals surface area contributed by atoms with Crippen LogP contribution in [0.5, 0.6) is 11.5 Å². The molecule has 2 aromatic carbocycles. The summed E-state index contributed by atoms with van der Waals surface area (Å²) >= 11 is 0. The number of benzene rings is 2. The molecule has 3 rings (SSSR count). The molecular weight excluding hydrogens is 354 g/mol. The van der Waals surface area contributed by atoms with Crippen LogP contribution in [0.25, 0.3) is 6.08 Å². The van der Waals surface area contributed by atoms with Crippen molar-refractivity contribution in [3.63, 3.8) is 0 Å². The molecule has 148 valence electrons. The van der Waals surface area contributed by atoms with Gasteiger partial charge in [0.25, 0.3) is 0 Å². The van der Waals surface area contributed by atoms with Gasteiger partial charge in [-0.25, -0.2) is 4.79 Å². The first kappa shape index (κ1) is 19.8. The number of rotatable bonds is 6. The Morgan fingerprint density at radius 1 is 1.04 bits per heavy atom. The molecule has 0 bridgehead atoms. The molecule has 6 heteroatoms. The maximum Gasteiger partial charge on any atom is 0.322 e. The van der Waals surface area contributed by atoms with Gasteiger partial charge in [-0.1, -0.05) is 42.5 Å². The van der Waals surface area contributed by atoms with Gasteiger partial charge in [-0.15, -0.1) is 0 Å². The molecule has 1 saturated heterocycles. The van der Waals surface area contributed by atoms with Crippen molar-refractivity contribution in [2.45, 2.75) is 0 Å². The third-order valence-corrected chi connectivity index (χ3v) is 4.78. The van der Waals surface area contributed by atoms with E-state index in [9.17, 15) is 4.79 Å².